The average Bonchev–Trinajstić information content (AvgIpc) is 3.67. The molecule has 0 aliphatic rings. The molecular formula is C54H37NO. The molecule has 2 nitrogen and oxygen atoms in total. The Kier molecular flexibility index (Phi) is 8.55. The lowest BCUT2D eigenvalue weighted by atomic mass is 9.95. The van der Waals surface area contributed by atoms with Gasteiger partial charge in [-0.05, 0) is 80.9 Å². The van der Waals surface area contributed by atoms with Crippen molar-refractivity contribution in [2.75, 3.05) is 4.90 Å². The van der Waals surface area contributed by atoms with Crippen LogP contribution in [0.4, 0.5) is 17.1 Å². The van der Waals surface area contributed by atoms with Crippen LogP contribution >= 0.6 is 0 Å². The number of nitrogens with zero attached hydrogens (tertiary/aromatic N) is 1. The Morgan fingerprint density at radius 1 is 0.286 bits per heavy atom. The molecule has 0 atom stereocenters. The first-order chi connectivity index (χ1) is 27.8. The molecule has 1 aromatic heterocycles. The normalized spacial score (nSPS) is 11.2. The van der Waals surface area contributed by atoms with E-state index in [1.807, 2.05) is 12.1 Å². The summed E-state index contributed by atoms with van der Waals surface area (Å²) in [6.45, 7) is 0. The molecule has 0 fully saturated rings. The van der Waals surface area contributed by atoms with Gasteiger partial charge in [0.1, 0.15) is 11.2 Å². The SMILES string of the molecule is c1ccc(-c2ccc(-c3ccc(-c4ccccc4)cc3N(c3ccc(-c4ccccc4)cc3)c3ccc(-c4cccc5c4oc4ccccc45)cc3)cc2)cc1. The summed E-state index contributed by atoms with van der Waals surface area (Å²) < 4.78 is 6.45. The molecule has 0 saturated carbocycles. The van der Waals surface area contributed by atoms with Gasteiger partial charge in [0.2, 0.25) is 0 Å². The molecule has 0 spiro atoms. The zero-order valence-electron chi connectivity index (χ0n) is 30.7. The van der Waals surface area contributed by atoms with Gasteiger partial charge in [-0.2, -0.15) is 0 Å². The predicted octanol–water partition coefficient (Wildman–Crippen LogP) is 15.4. The number of hydrogen-bond acceptors (Lipinski definition) is 2. The molecule has 264 valence electrons. The Balaban J connectivity index is 1.14. The van der Waals surface area contributed by atoms with Crippen molar-refractivity contribution >= 4 is 39.0 Å². The number of fused-ring (bicyclic) bond motifs is 3. The summed E-state index contributed by atoms with van der Waals surface area (Å²) in [5, 5.41) is 2.26. The zero-order chi connectivity index (χ0) is 37.3. The van der Waals surface area contributed by atoms with E-state index in [1.54, 1.807) is 0 Å². The second-order valence-corrected chi connectivity index (χ2v) is 14.1. The van der Waals surface area contributed by atoms with Gasteiger partial charge in [-0.1, -0.05) is 188 Å². The van der Waals surface area contributed by atoms with Crippen LogP contribution in [0, 0.1) is 0 Å². The van der Waals surface area contributed by atoms with E-state index in [9.17, 15) is 0 Å². The molecule has 0 amide bonds. The van der Waals surface area contributed by atoms with Crippen molar-refractivity contribution in [3.05, 3.63) is 224 Å². The van der Waals surface area contributed by atoms with Crippen LogP contribution in [0.25, 0.3) is 77.6 Å². The van der Waals surface area contributed by atoms with Gasteiger partial charge in [-0.15, -0.1) is 0 Å². The highest BCUT2D eigenvalue weighted by atomic mass is 16.3. The number of hydrogen-bond donors (Lipinski definition) is 0. The topological polar surface area (TPSA) is 16.4 Å². The van der Waals surface area contributed by atoms with Gasteiger partial charge >= 0.3 is 0 Å². The molecule has 10 aromatic rings. The Morgan fingerprint density at radius 3 is 1.32 bits per heavy atom. The highest BCUT2D eigenvalue weighted by Crippen LogP contribution is 2.45. The number of anilines is 3. The lowest BCUT2D eigenvalue weighted by molar-refractivity contribution is 0.670. The first kappa shape index (κ1) is 33.2. The van der Waals surface area contributed by atoms with E-state index in [1.165, 1.54) is 27.8 Å². The molecule has 0 radical (unpaired) electrons. The van der Waals surface area contributed by atoms with Crippen LogP contribution in [0.3, 0.4) is 0 Å². The van der Waals surface area contributed by atoms with Crippen molar-refractivity contribution in [3.63, 3.8) is 0 Å². The highest BCUT2D eigenvalue weighted by Gasteiger charge is 2.20. The van der Waals surface area contributed by atoms with Gasteiger partial charge in [0.25, 0.3) is 0 Å². The van der Waals surface area contributed by atoms with Gasteiger partial charge in [0, 0.05) is 33.3 Å². The lowest BCUT2D eigenvalue weighted by Gasteiger charge is -2.29. The summed E-state index contributed by atoms with van der Waals surface area (Å²) in [6.07, 6.45) is 0. The third-order valence-electron chi connectivity index (χ3n) is 10.7. The number of rotatable bonds is 8. The van der Waals surface area contributed by atoms with E-state index in [-0.39, 0.29) is 0 Å². The van der Waals surface area contributed by atoms with E-state index in [2.05, 4.69) is 217 Å². The summed E-state index contributed by atoms with van der Waals surface area (Å²) in [6, 6.07) is 80.1. The van der Waals surface area contributed by atoms with Crippen LogP contribution in [0.1, 0.15) is 0 Å². The second kappa shape index (κ2) is 14.4. The Morgan fingerprint density at radius 2 is 0.714 bits per heavy atom. The molecule has 10 rings (SSSR count). The fraction of sp³-hybridized carbons (Fsp3) is 0. The number of para-hydroxylation sites is 2. The molecule has 9 aromatic carbocycles. The Bertz CT molecular complexity index is 2910. The molecule has 0 N–H and O–H groups in total. The number of benzene rings is 9. The minimum absolute atomic E-state index is 0.902. The molecule has 0 aliphatic heterocycles. The fourth-order valence-corrected chi connectivity index (χ4v) is 7.87. The molecule has 0 saturated heterocycles. The van der Waals surface area contributed by atoms with Crippen molar-refractivity contribution in [3.8, 4) is 55.6 Å². The fourth-order valence-electron chi connectivity index (χ4n) is 7.87. The molecule has 0 unspecified atom stereocenters. The summed E-state index contributed by atoms with van der Waals surface area (Å²) >= 11 is 0. The zero-order valence-corrected chi connectivity index (χ0v) is 30.7. The average molecular weight is 716 g/mol. The van der Waals surface area contributed by atoms with E-state index < -0.39 is 0 Å². The second-order valence-electron chi connectivity index (χ2n) is 14.1. The van der Waals surface area contributed by atoms with Crippen molar-refractivity contribution in [1.29, 1.82) is 0 Å². The van der Waals surface area contributed by atoms with Crippen molar-refractivity contribution < 1.29 is 4.42 Å². The summed E-state index contributed by atoms with van der Waals surface area (Å²) in [4.78, 5) is 2.40. The van der Waals surface area contributed by atoms with Crippen LogP contribution in [0.5, 0.6) is 0 Å². The third kappa shape index (κ3) is 6.24. The summed E-state index contributed by atoms with van der Waals surface area (Å²) in [5.74, 6) is 0. The molecular weight excluding hydrogens is 679 g/mol. The molecule has 0 bridgehead atoms. The van der Waals surface area contributed by atoms with Crippen molar-refractivity contribution in [1.82, 2.24) is 0 Å². The van der Waals surface area contributed by atoms with Crippen LogP contribution in [0.15, 0.2) is 229 Å². The van der Waals surface area contributed by atoms with Gasteiger partial charge in [-0.25, -0.2) is 0 Å². The van der Waals surface area contributed by atoms with E-state index >= 15 is 0 Å². The summed E-state index contributed by atoms with van der Waals surface area (Å²) in [5.41, 5.74) is 16.6. The molecule has 0 aliphatic carbocycles. The molecule has 2 heteroatoms. The maximum absolute atomic E-state index is 6.45. The lowest BCUT2D eigenvalue weighted by Crippen LogP contribution is -2.11. The third-order valence-corrected chi connectivity index (χ3v) is 10.7. The Hall–Kier alpha value is -7.42. The predicted molar refractivity (Wildman–Crippen MR) is 236 cm³/mol. The van der Waals surface area contributed by atoms with Crippen molar-refractivity contribution in [2.45, 2.75) is 0 Å². The van der Waals surface area contributed by atoms with E-state index in [4.69, 9.17) is 4.42 Å². The van der Waals surface area contributed by atoms with Crippen molar-refractivity contribution in [2.24, 2.45) is 0 Å². The van der Waals surface area contributed by atoms with E-state index in [0.717, 1.165) is 66.8 Å². The van der Waals surface area contributed by atoms with Gasteiger partial charge in [0.15, 0.2) is 0 Å². The summed E-state index contributed by atoms with van der Waals surface area (Å²) in [7, 11) is 0. The highest BCUT2D eigenvalue weighted by molar-refractivity contribution is 6.09. The standard InChI is InChI=1S/C54H37NO/c1-4-13-38(14-5-1)41-23-25-43(26-24-41)48-36-31-45(40-17-8-3-9-18-40)37-52(48)55(46-32-27-42(28-33-46)39-15-6-2-7-16-39)47-34-29-44(30-35-47)49-20-12-21-51-50-19-10-11-22-53(50)56-54(49)51/h1-37H. The first-order valence-corrected chi connectivity index (χ1v) is 19.1. The minimum Gasteiger partial charge on any atom is -0.455 e. The maximum Gasteiger partial charge on any atom is 0.143 e. The quantitative estimate of drug-likeness (QED) is 0.156. The van der Waals surface area contributed by atoms with Crippen LogP contribution in [-0.2, 0) is 0 Å². The monoisotopic (exact) mass is 715 g/mol. The molecule has 56 heavy (non-hydrogen) atoms. The van der Waals surface area contributed by atoms with Gasteiger partial charge < -0.3 is 9.32 Å². The van der Waals surface area contributed by atoms with Crippen LogP contribution < -0.4 is 4.90 Å². The largest absolute Gasteiger partial charge is 0.455 e. The van der Waals surface area contributed by atoms with Gasteiger partial charge in [0.05, 0.1) is 5.69 Å². The molecule has 1 heterocycles. The van der Waals surface area contributed by atoms with Crippen LogP contribution in [0.2, 0.25) is 0 Å². The minimum atomic E-state index is 0.902. The first-order valence-electron chi connectivity index (χ1n) is 19.1. The smallest absolute Gasteiger partial charge is 0.143 e. The van der Waals surface area contributed by atoms with Gasteiger partial charge in [-0.3, -0.25) is 0 Å². The van der Waals surface area contributed by atoms with Crippen LogP contribution in [-0.4, -0.2) is 0 Å². The van der Waals surface area contributed by atoms with E-state index in [0.29, 0.717) is 0 Å². The maximum atomic E-state index is 6.45. The number of furan rings is 1. The Labute approximate surface area is 327 Å².